The lowest BCUT2D eigenvalue weighted by Crippen LogP contribution is -2.06. The average molecular weight is 269 g/mol. The molecular formula is C14H15N5O. The van der Waals surface area contributed by atoms with Crippen molar-refractivity contribution in [1.82, 2.24) is 20.0 Å². The van der Waals surface area contributed by atoms with Gasteiger partial charge in [-0.15, -0.1) is 10.2 Å². The highest BCUT2D eigenvalue weighted by Crippen LogP contribution is 2.22. The smallest absolute Gasteiger partial charge is 0.247 e. The first kappa shape index (κ1) is 12.4. The van der Waals surface area contributed by atoms with E-state index in [0.29, 0.717) is 11.8 Å². The molecule has 1 N–H and O–H groups in total. The Morgan fingerprint density at radius 2 is 2.00 bits per heavy atom. The van der Waals surface area contributed by atoms with Crippen LogP contribution in [0.15, 0.2) is 47.1 Å². The fourth-order valence-electron chi connectivity index (χ4n) is 1.91. The maximum atomic E-state index is 5.70. The molecule has 3 rings (SSSR count). The van der Waals surface area contributed by atoms with Crippen molar-refractivity contribution in [3.8, 4) is 11.5 Å². The van der Waals surface area contributed by atoms with Crippen LogP contribution in [0.1, 0.15) is 18.9 Å². The standard InChI is InChI=1S/C14H15N5O/c1-10(16-12-8-15-19(2)9-12)13-17-18-14(20-13)11-6-4-3-5-7-11/h3-10,16H,1-2H3. The van der Waals surface area contributed by atoms with E-state index in [1.54, 1.807) is 10.9 Å². The molecule has 0 fully saturated rings. The molecule has 0 aliphatic carbocycles. The minimum absolute atomic E-state index is 0.0795. The van der Waals surface area contributed by atoms with Crippen LogP contribution < -0.4 is 5.32 Å². The van der Waals surface area contributed by atoms with E-state index < -0.39 is 0 Å². The van der Waals surface area contributed by atoms with E-state index >= 15 is 0 Å². The van der Waals surface area contributed by atoms with E-state index in [1.165, 1.54) is 0 Å². The van der Waals surface area contributed by atoms with Crippen molar-refractivity contribution in [2.75, 3.05) is 5.32 Å². The van der Waals surface area contributed by atoms with E-state index in [0.717, 1.165) is 11.3 Å². The second-order valence-corrected chi connectivity index (χ2v) is 4.58. The summed E-state index contributed by atoms with van der Waals surface area (Å²) in [6.45, 7) is 1.97. The van der Waals surface area contributed by atoms with Crippen molar-refractivity contribution in [1.29, 1.82) is 0 Å². The second-order valence-electron chi connectivity index (χ2n) is 4.58. The summed E-state index contributed by atoms with van der Waals surface area (Å²) in [5.41, 5.74) is 1.83. The van der Waals surface area contributed by atoms with E-state index in [4.69, 9.17) is 4.42 Å². The topological polar surface area (TPSA) is 68.8 Å². The van der Waals surface area contributed by atoms with Gasteiger partial charge in [0.2, 0.25) is 11.8 Å². The number of nitrogens with zero attached hydrogens (tertiary/aromatic N) is 4. The van der Waals surface area contributed by atoms with E-state index in [1.807, 2.05) is 50.5 Å². The van der Waals surface area contributed by atoms with Crippen molar-refractivity contribution < 1.29 is 4.42 Å². The molecule has 1 unspecified atom stereocenters. The summed E-state index contributed by atoms with van der Waals surface area (Å²) in [6.07, 6.45) is 3.65. The summed E-state index contributed by atoms with van der Waals surface area (Å²) in [5.74, 6) is 1.08. The van der Waals surface area contributed by atoms with Gasteiger partial charge in [-0.1, -0.05) is 18.2 Å². The Morgan fingerprint density at radius 3 is 2.70 bits per heavy atom. The van der Waals surface area contributed by atoms with Crippen LogP contribution in [0.2, 0.25) is 0 Å². The third kappa shape index (κ3) is 2.54. The first-order valence-electron chi connectivity index (χ1n) is 6.36. The number of rotatable bonds is 4. The number of benzene rings is 1. The van der Waals surface area contributed by atoms with E-state index in [9.17, 15) is 0 Å². The Kier molecular flexibility index (Phi) is 3.20. The Labute approximate surface area is 116 Å². The molecule has 0 aliphatic rings. The number of hydrogen-bond acceptors (Lipinski definition) is 5. The molecule has 0 bridgehead atoms. The monoisotopic (exact) mass is 269 g/mol. The fourth-order valence-corrected chi connectivity index (χ4v) is 1.91. The van der Waals surface area contributed by atoms with Gasteiger partial charge in [0.15, 0.2) is 0 Å². The Bertz CT molecular complexity index is 688. The van der Waals surface area contributed by atoms with Crippen LogP contribution in [0.25, 0.3) is 11.5 Å². The number of aryl methyl sites for hydroxylation is 1. The van der Waals surface area contributed by atoms with Crippen LogP contribution in [0.3, 0.4) is 0 Å². The summed E-state index contributed by atoms with van der Waals surface area (Å²) in [4.78, 5) is 0. The van der Waals surface area contributed by atoms with Gasteiger partial charge < -0.3 is 9.73 Å². The van der Waals surface area contributed by atoms with Crippen LogP contribution in [-0.2, 0) is 7.05 Å². The summed E-state index contributed by atoms with van der Waals surface area (Å²) in [5, 5.41) is 15.5. The lowest BCUT2D eigenvalue weighted by Gasteiger charge is -2.08. The molecule has 6 heteroatoms. The zero-order valence-corrected chi connectivity index (χ0v) is 11.3. The van der Waals surface area contributed by atoms with Gasteiger partial charge in [0.25, 0.3) is 0 Å². The first-order chi connectivity index (χ1) is 9.72. The Hall–Kier alpha value is -2.63. The quantitative estimate of drug-likeness (QED) is 0.788. The molecule has 1 atom stereocenters. The second kappa shape index (κ2) is 5.16. The molecule has 0 radical (unpaired) electrons. The highest BCUT2D eigenvalue weighted by atomic mass is 16.4. The summed E-state index contributed by atoms with van der Waals surface area (Å²) in [7, 11) is 1.87. The zero-order chi connectivity index (χ0) is 13.9. The molecule has 102 valence electrons. The van der Waals surface area contributed by atoms with Crippen molar-refractivity contribution in [3.05, 3.63) is 48.6 Å². The Balaban J connectivity index is 1.76. The van der Waals surface area contributed by atoms with Crippen LogP contribution in [-0.4, -0.2) is 20.0 Å². The normalized spacial score (nSPS) is 12.3. The lowest BCUT2D eigenvalue weighted by atomic mass is 10.2. The summed E-state index contributed by atoms with van der Waals surface area (Å²) in [6, 6.07) is 9.64. The largest absolute Gasteiger partial charge is 0.418 e. The molecule has 1 aromatic carbocycles. The van der Waals surface area contributed by atoms with Gasteiger partial charge in [0, 0.05) is 18.8 Å². The number of nitrogens with one attached hydrogen (secondary N) is 1. The van der Waals surface area contributed by atoms with Gasteiger partial charge in [0.05, 0.1) is 11.9 Å². The highest BCUT2D eigenvalue weighted by molar-refractivity contribution is 5.51. The third-order valence-electron chi connectivity index (χ3n) is 2.92. The Morgan fingerprint density at radius 1 is 1.20 bits per heavy atom. The van der Waals surface area contributed by atoms with Crippen molar-refractivity contribution in [2.24, 2.45) is 7.05 Å². The van der Waals surface area contributed by atoms with Crippen LogP contribution in [0.5, 0.6) is 0 Å². The molecule has 0 saturated carbocycles. The highest BCUT2D eigenvalue weighted by Gasteiger charge is 2.15. The summed E-state index contributed by atoms with van der Waals surface area (Å²) < 4.78 is 7.43. The average Bonchev–Trinajstić information content (AvgIpc) is 3.09. The van der Waals surface area contributed by atoms with Gasteiger partial charge in [0.1, 0.15) is 6.04 Å². The maximum absolute atomic E-state index is 5.70. The van der Waals surface area contributed by atoms with Crippen LogP contribution >= 0.6 is 0 Å². The molecule has 6 nitrogen and oxygen atoms in total. The van der Waals surface area contributed by atoms with Gasteiger partial charge in [-0.2, -0.15) is 5.10 Å². The van der Waals surface area contributed by atoms with Crippen molar-refractivity contribution in [3.63, 3.8) is 0 Å². The van der Waals surface area contributed by atoms with Gasteiger partial charge in [-0.05, 0) is 19.1 Å². The lowest BCUT2D eigenvalue weighted by molar-refractivity contribution is 0.485. The van der Waals surface area contributed by atoms with Gasteiger partial charge >= 0.3 is 0 Å². The first-order valence-corrected chi connectivity index (χ1v) is 6.36. The maximum Gasteiger partial charge on any atom is 0.247 e. The molecular weight excluding hydrogens is 254 g/mol. The predicted octanol–water partition coefficient (Wildman–Crippen LogP) is 2.64. The van der Waals surface area contributed by atoms with E-state index in [2.05, 4.69) is 20.6 Å². The van der Waals surface area contributed by atoms with Crippen molar-refractivity contribution in [2.45, 2.75) is 13.0 Å². The van der Waals surface area contributed by atoms with Crippen molar-refractivity contribution >= 4 is 5.69 Å². The molecule has 0 spiro atoms. The minimum Gasteiger partial charge on any atom is -0.418 e. The number of aromatic nitrogens is 4. The molecule has 2 aromatic heterocycles. The van der Waals surface area contributed by atoms with Crippen LogP contribution in [0.4, 0.5) is 5.69 Å². The van der Waals surface area contributed by atoms with Gasteiger partial charge in [-0.25, -0.2) is 0 Å². The van der Waals surface area contributed by atoms with Gasteiger partial charge in [-0.3, -0.25) is 4.68 Å². The molecule has 0 aliphatic heterocycles. The van der Waals surface area contributed by atoms with Crippen LogP contribution in [0, 0.1) is 0 Å². The third-order valence-corrected chi connectivity index (χ3v) is 2.92. The van der Waals surface area contributed by atoms with E-state index in [-0.39, 0.29) is 6.04 Å². The molecule has 2 heterocycles. The fraction of sp³-hybridized carbons (Fsp3) is 0.214. The SMILES string of the molecule is CC(Nc1cnn(C)c1)c1nnc(-c2ccccc2)o1. The predicted molar refractivity (Wildman–Crippen MR) is 75.0 cm³/mol. The molecule has 3 aromatic rings. The number of hydrogen-bond donors (Lipinski definition) is 1. The molecule has 20 heavy (non-hydrogen) atoms. The minimum atomic E-state index is -0.0795. The molecule has 0 saturated heterocycles. The summed E-state index contributed by atoms with van der Waals surface area (Å²) >= 11 is 0. The molecule has 0 amide bonds. The zero-order valence-electron chi connectivity index (χ0n) is 11.3. The number of anilines is 1.